The number of ether oxygens (including phenoxy) is 2. The molecular weight excluding hydrogens is 418 g/mol. The maximum atomic E-state index is 12.3. The molecule has 0 aromatic heterocycles. The van der Waals surface area contributed by atoms with Crippen molar-refractivity contribution in [1.82, 2.24) is 0 Å². The molecule has 0 spiro atoms. The van der Waals surface area contributed by atoms with Crippen molar-refractivity contribution in [1.29, 1.82) is 0 Å². The Labute approximate surface area is 183 Å². The summed E-state index contributed by atoms with van der Waals surface area (Å²) in [4.78, 5) is 14.6. The molecule has 168 valence electrons. The van der Waals surface area contributed by atoms with E-state index in [4.69, 9.17) is 9.47 Å². The van der Waals surface area contributed by atoms with Gasteiger partial charge in [-0.1, -0.05) is 0 Å². The maximum Gasteiger partial charge on any atom is 0.232 e. The van der Waals surface area contributed by atoms with E-state index >= 15 is 0 Å². The maximum absolute atomic E-state index is 12.3. The van der Waals surface area contributed by atoms with Crippen LogP contribution in [0.1, 0.15) is 12.8 Å². The molecule has 31 heavy (non-hydrogen) atoms. The lowest BCUT2D eigenvalue weighted by molar-refractivity contribution is -0.116. The van der Waals surface area contributed by atoms with Crippen molar-refractivity contribution < 1.29 is 22.7 Å². The Morgan fingerprint density at radius 1 is 1.10 bits per heavy atom. The van der Waals surface area contributed by atoms with E-state index in [-0.39, 0.29) is 18.9 Å². The Balaban J connectivity index is 1.51. The standard InChI is InChI=1S/C22H29N3O5S/c1-29-21-11-9-20(10-12-21)25(31(2,27)28)13-3-4-22(26)23-18-5-7-19(8-6-18)24-14-16-30-17-15-24/h5-12H,3-4,13-17H2,1-2H3,(H,23,26). The predicted molar refractivity (Wildman–Crippen MR) is 123 cm³/mol. The van der Waals surface area contributed by atoms with Crippen LogP contribution in [0.15, 0.2) is 48.5 Å². The van der Waals surface area contributed by atoms with Crippen LogP contribution in [0.4, 0.5) is 17.1 Å². The van der Waals surface area contributed by atoms with Gasteiger partial charge < -0.3 is 19.7 Å². The monoisotopic (exact) mass is 447 g/mol. The fraction of sp³-hybridized carbons (Fsp3) is 0.409. The average molecular weight is 448 g/mol. The molecular formula is C22H29N3O5S. The van der Waals surface area contributed by atoms with Crippen LogP contribution in [0.25, 0.3) is 0 Å². The molecule has 1 saturated heterocycles. The number of hydrogen-bond donors (Lipinski definition) is 1. The lowest BCUT2D eigenvalue weighted by Gasteiger charge is -2.28. The SMILES string of the molecule is COc1ccc(N(CCCC(=O)Nc2ccc(N3CCOCC3)cc2)S(C)(=O)=O)cc1. The van der Waals surface area contributed by atoms with E-state index < -0.39 is 10.0 Å². The molecule has 1 fully saturated rings. The minimum Gasteiger partial charge on any atom is -0.497 e. The van der Waals surface area contributed by atoms with Gasteiger partial charge in [-0.2, -0.15) is 0 Å². The summed E-state index contributed by atoms with van der Waals surface area (Å²) < 4.78 is 36.2. The summed E-state index contributed by atoms with van der Waals surface area (Å²) in [5.74, 6) is 0.499. The summed E-state index contributed by atoms with van der Waals surface area (Å²) in [7, 11) is -1.91. The second-order valence-corrected chi connectivity index (χ2v) is 9.24. The second kappa shape index (κ2) is 10.5. The molecule has 2 aromatic carbocycles. The van der Waals surface area contributed by atoms with Crippen LogP contribution in [0.3, 0.4) is 0 Å². The van der Waals surface area contributed by atoms with Crippen molar-refractivity contribution in [3.8, 4) is 5.75 Å². The minimum absolute atomic E-state index is 0.151. The van der Waals surface area contributed by atoms with Gasteiger partial charge in [0.2, 0.25) is 15.9 Å². The van der Waals surface area contributed by atoms with Crippen LogP contribution < -0.4 is 19.3 Å². The van der Waals surface area contributed by atoms with Gasteiger partial charge in [-0.05, 0) is 55.0 Å². The zero-order chi connectivity index (χ0) is 22.3. The summed E-state index contributed by atoms with van der Waals surface area (Å²) in [5.41, 5.74) is 2.36. The molecule has 0 aliphatic carbocycles. The quantitative estimate of drug-likeness (QED) is 0.636. The van der Waals surface area contributed by atoms with Gasteiger partial charge in [0.1, 0.15) is 5.75 Å². The highest BCUT2D eigenvalue weighted by molar-refractivity contribution is 7.92. The Kier molecular flexibility index (Phi) is 7.75. The van der Waals surface area contributed by atoms with Crippen molar-refractivity contribution in [3.63, 3.8) is 0 Å². The number of morpholine rings is 1. The summed E-state index contributed by atoms with van der Waals surface area (Å²) >= 11 is 0. The van der Waals surface area contributed by atoms with Crippen LogP contribution in [0, 0.1) is 0 Å². The number of nitrogens with zero attached hydrogens (tertiary/aromatic N) is 2. The van der Waals surface area contributed by atoms with E-state index in [1.54, 1.807) is 31.4 Å². The molecule has 0 saturated carbocycles. The topological polar surface area (TPSA) is 88.2 Å². The molecule has 1 amide bonds. The number of methoxy groups -OCH3 is 1. The van der Waals surface area contributed by atoms with Gasteiger partial charge in [-0.15, -0.1) is 0 Å². The normalized spacial score (nSPS) is 14.2. The molecule has 1 aliphatic rings. The molecule has 1 heterocycles. The zero-order valence-corrected chi connectivity index (χ0v) is 18.7. The van der Waals surface area contributed by atoms with Crippen LogP contribution in [0.5, 0.6) is 5.75 Å². The molecule has 8 nitrogen and oxygen atoms in total. The number of nitrogens with one attached hydrogen (secondary N) is 1. The van der Waals surface area contributed by atoms with Gasteiger partial charge in [-0.25, -0.2) is 8.42 Å². The number of amides is 1. The first-order valence-electron chi connectivity index (χ1n) is 10.2. The van der Waals surface area contributed by atoms with Crippen LogP contribution in [-0.4, -0.2) is 60.5 Å². The van der Waals surface area contributed by atoms with Gasteiger partial charge >= 0.3 is 0 Å². The van der Waals surface area contributed by atoms with E-state index in [1.807, 2.05) is 24.3 Å². The lowest BCUT2D eigenvalue weighted by Crippen LogP contribution is -2.36. The molecule has 9 heteroatoms. The number of carbonyl (C=O) groups excluding carboxylic acids is 1. The van der Waals surface area contributed by atoms with E-state index in [0.717, 1.165) is 43.9 Å². The third-order valence-electron chi connectivity index (χ3n) is 5.05. The number of sulfonamides is 1. The second-order valence-electron chi connectivity index (χ2n) is 7.33. The Hall–Kier alpha value is -2.78. The smallest absolute Gasteiger partial charge is 0.232 e. The Bertz CT molecular complexity index is 956. The average Bonchev–Trinajstić information content (AvgIpc) is 2.77. The molecule has 0 bridgehead atoms. The van der Waals surface area contributed by atoms with E-state index in [9.17, 15) is 13.2 Å². The molecule has 1 aliphatic heterocycles. The Morgan fingerprint density at radius 2 is 1.74 bits per heavy atom. The van der Waals surface area contributed by atoms with Gasteiger partial charge in [0, 0.05) is 37.4 Å². The number of carbonyl (C=O) groups is 1. The summed E-state index contributed by atoms with van der Waals surface area (Å²) in [6, 6.07) is 14.5. The van der Waals surface area contributed by atoms with E-state index in [2.05, 4.69) is 10.2 Å². The number of rotatable bonds is 9. The summed E-state index contributed by atoms with van der Waals surface area (Å²) in [5, 5.41) is 2.87. The number of anilines is 3. The molecule has 3 rings (SSSR count). The fourth-order valence-electron chi connectivity index (χ4n) is 3.42. The summed E-state index contributed by atoms with van der Waals surface area (Å²) in [6.45, 7) is 3.38. The molecule has 2 aromatic rings. The first-order chi connectivity index (χ1) is 14.9. The highest BCUT2D eigenvalue weighted by atomic mass is 32.2. The van der Waals surface area contributed by atoms with Crippen molar-refractivity contribution in [2.75, 3.05) is 60.7 Å². The van der Waals surface area contributed by atoms with Crippen molar-refractivity contribution in [2.24, 2.45) is 0 Å². The van der Waals surface area contributed by atoms with Crippen molar-refractivity contribution in [3.05, 3.63) is 48.5 Å². The minimum atomic E-state index is -3.46. The van der Waals surface area contributed by atoms with Crippen molar-refractivity contribution >= 4 is 33.0 Å². The van der Waals surface area contributed by atoms with Crippen LogP contribution >= 0.6 is 0 Å². The van der Waals surface area contributed by atoms with Crippen LogP contribution in [0.2, 0.25) is 0 Å². The molecule has 0 atom stereocenters. The van der Waals surface area contributed by atoms with E-state index in [0.29, 0.717) is 17.9 Å². The predicted octanol–water partition coefficient (Wildman–Crippen LogP) is 2.72. The summed E-state index contributed by atoms with van der Waals surface area (Å²) in [6.07, 6.45) is 1.78. The van der Waals surface area contributed by atoms with E-state index in [1.165, 1.54) is 4.31 Å². The highest BCUT2D eigenvalue weighted by Gasteiger charge is 2.18. The number of hydrogen-bond acceptors (Lipinski definition) is 6. The first-order valence-corrected chi connectivity index (χ1v) is 12.1. The number of benzene rings is 2. The fourth-order valence-corrected chi connectivity index (χ4v) is 4.38. The zero-order valence-electron chi connectivity index (χ0n) is 17.9. The first kappa shape index (κ1) is 22.9. The largest absolute Gasteiger partial charge is 0.497 e. The third kappa shape index (κ3) is 6.60. The molecule has 0 unspecified atom stereocenters. The van der Waals surface area contributed by atoms with Crippen LogP contribution in [-0.2, 0) is 19.6 Å². The van der Waals surface area contributed by atoms with Crippen molar-refractivity contribution in [2.45, 2.75) is 12.8 Å². The molecule has 1 N–H and O–H groups in total. The lowest BCUT2D eigenvalue weighted by atomic mass is 10.2. The molecule has 0 radical (unpaired) electrons. The van der Waals surface area contributed by atoms with Gasteiger partial charge in [0.25, 0.3) is 0 Å². The highest BCUT2D eigenvalue weighted by Crippen LogP contribution is 2.22. The third-order valence-corrected chi connectivity index (χ3v) is 6.25. The van der Waals surface area contributed by atoms with Gasteiger partial charge in [0.05, 0.1) is 32.3 Å². The Morgan fingerprint density at radius 3 is 2.32 bits per heavy atom. The van der Waals surface area contributed by atoms with Gasteiger partial charge in [-0.3, -0.25) is 9.10 Å². The van der Waals surface area contributed by atoms with Gasteiger partial charge in [0.15, 0.2) is 0 Å².